The summed E-state index contributed by atoms with van der Waals surface area (Å²) in [6, 6.07) is 15.2. The number of rotatable bonds is 7. The van der Waals surface area contributed by atoms with E-state index in [2.05, 4.69) is 15.6 Å². The van der Waals surface area contributed by atoms with Crippen LogP contribution in [0.4, 0.5) is 5.69 Å². The minimum Gasteiger partial charge on any atom is -0.482 e. The maximum atomic E-state index is 12.2. The topological polar surface area (TPSA) is 80.3 Å². The van der Waals surface area contributed by atoms with E-state index in [4.69, 9.17) is 27.9 Å². The Kier molecular flexibility index (Phi) is 7.05. The molecule has 0 atom stereocenters. The van der Waals surface area contributed by atoms with Crippen molar-refractivity contribution in [3.8, 4) is 5.75 Å². The van der Waals surface area contributed by atoms with Gasteiger partial charge in [0.1, 0.15) is 5.75 Å². The number of pyridine rings is 1. The van der Waals surface area contributed by atoms with Gasteiger partial charge in [0.2, 0.25) is 0 Å². The van der Waals surface area contributed by atoms with E-state index in [9.17, 15) is 9.59 Å². The molecule has 0 saturated heterocycles. The quantitative estimate of drug-likeness (QED) is 0.585. The monoisotopic (exact) mass is 429 g/mol. The highest BCUT2D eigenvalue weighted by atomic mass is 35.5. The van der Waals surface area contributed by atoms with Crippen molar-refractivity contribution in [2.24, 2.45) is 0 Å². The summed E-state index contributed by atoms with van der Waals surface area (Å²) in [5.74, 6) is -0.156. The maximum absolute atomic E-state index is 12.2. The van der Waals surface area contributed by atoms with Gasteiger partial charge in [0, 0.05) is 35.2 Å². The minimum atomic E-state index is -0.303. The molecule has 29 heavy (non-hydrogen) atoms. The van der Waals surface area contributed by atoms with Gasteiger partial charge in [-0.2, -0.15) is 0 Å². The molecule has 1 heterocycles. The molecule has 0 saturated carbocycles. The lowest BCUT2D eigenvalue weighted by molar-refractivity contribution is -0.123. The van der Waals surface area contributed by atoms with Crippen LogP contribution >= 0.6 is 23.2 Å². The zero-order valence-electron chi connectivity index (χ0n) is 15.2. The molecule has 148 valence electrons. The molecule has 0 fully saturated rings. The maximum Gasteiger partial charge on any atom is 0.258 e. The molecule has 0 radical (unpaired) electrons. The van der Waals surface area contributed by atoms with Gasteiger partial charge >= 0.3 is 0 Å². The normalized spacial score (nSPS) is 10.3. The van der Waals surface area contributed by atoms with E-state index in [1.807, 2.05) is 6.07 Å². The molecular formula is C21H17Cl2N3O3. The number of halogens is 2. The van der Waals surface area contributed by atoms with E-state index >= 15 is 0 Å². The Morgan fingerprint density at radius 3 is 2.55 bits per heavy atom. The Morgan fingerprint density at radius 2 is 1.79 bits per heavy atom. The summed E-state index contributed by atoms with van der Waals surface area (Å²) in [7, 11) is 0. The molecule has 6 nitrogen and oxygen atoms in total. The number of hydrogen-bond acceptors (Lipinski definition) is 4. The van der Waals surface area contributed by atoms with E-state index in [1.54, 1.807) is 60.9 Å². The number of ether oxygens (including phenoxy) is 1. The van der Waals surface area contributed by atoms with Crippen LogP contribution in [0.1, 0.15) is 15.9 Å². The molecular weight excluding hydrogens is 413 g/mol. The van der Waals surface area contributed by atoms with Gasteiger partial charge in [0.15, 0.2) is 6.61 Å². The van der Waals surface area contributed by atoms with Gasteiger partial charge < -0.3 is 15.4 Å². The zero-order chi connectivity index (χ0) is 20.6. The van der Waals surface area contributed by atoms with Crippen molar-refractivity contribution < 1.29 is 14.3 Å². The van der Waals surface area contributed by atoms with E-state index < -0.39 is 0 Å². The number of hydrogen-bond donors (Lipinski definition) is 2. The summed E-state index contributed by atoms with van der Waals surface area (Å²) in [6.45, 7) is 0.106. The Labute approximate surface area is 177 Å². The molecule has 0 aliphatic carbocycles. The second-order valence-corrected chi connectivity index (χ2v) is 6.87. The van der Waals surface area contributed by atoms with Gasteiger partial charge in [-0.05, 0) is 48.0 Å². The van der Waals surface area contributed by atoms with E-state index in [0.29, 0.717) is 27.0 Å². The van der Waals surface area contributed by atoms with Crippen molar-refractivity contribution in [2.75, 3.05) is 11.9 Å². The van der Waals surface area contributed by atoms with Crippen LogP contribution in [-0.2, 0) is 11.3 Å². The van der Waals surface area contributed by atoms with E-state index in [0.717, 1.165) is 5.56 Å². The fourth-order valence-electron chi connectivity index (χ4n) is 2.45. The summed E-state index contributed by atoms with van der Waals surface area (Å²) in [4.78, 5) is 28.1. The highest BCUT2D eigenvalue weighted by molar-refractivity contribution is 6.35. The molecule has 1 aromatic heterocycles. The van der Waals surface area contributed by atoms with Crippen LogP contribution in [0.15, 0.2) is 67.0 Å². The summed E-state index contributed by atoms with van der Waals surface area (Å²) >= 11 is 11.8. The minimum absolute atomic E-state index is 0.181. The molecule has 2 N–H and O–H groups in total. The van der Waals surface area contributed by atoms with Crippen molar-refractivity contribution in [2.45, 2.75) is 6.54 Å². The van der Waals surface area contributed by atoms with Crippen molar-refractivity contribution in [3.63, 3.8) is 0 Å². The second kappa shape index (κ2) is 9.91. The summed E-state index contributed by atoms with van der Waals surface area (Å²) in [6.07, 6.45) is 3.11. The van der Waals surface area contributed by atoms with Gasteiger partial charge in [-0.3, -0.25) is 14.6 Å². The lowest BCUT2D eigenvalue weighted by atomic mass is 10.2. The zero-order valence-corrected chi connectivity index (χ0v) is 16.7. The summed E-state index contributed by atoms with van der Waals surface area (Å²) in [5.41, 5.74) is 1.97. The van der Waals surface area contributed by atoms with Crippen LogP contribution < -0.4 is 15.4 Å². The largest absolute Gasteiger partial charge is 0.482 e. The molecule has 0 aliphatic rings. The average molecular weight is 430 g/mol. The number of carbonyl (C=O) groups is 2. The molecule has 3 rings (SSSR count). The average Bonchev–Trinajstić information content (AvgIpc) is 2.72. The van der Waals surface area contributed by atoms with Crippen molar-refractivity contribution in [1.29, 1.82) is 0 Å². The lowest BCUT2D eigenvalue weighted by Gasteiger charge is -2.10. The number of amides is 2. The predicted octanol–water partition coefficient (Wildman–Crippen LogP) is 4.34. The molecule has 3 aromatic rings. The summed E-state index contributed by atoms with van der Waals surface area (Å²) in [5, 5.41) is 6.40. The van der Waals surface area contributed by atoms with Crippen LogP contribution in [-0.4, -0.2) is 23.4 Å². The van der Waals surface area contributed by atoms with Gasteiger partial charge in [0.25, 0.3) is 11.8 Å². The highest BCUT2D eigenvalue weighted by Crippen LogP contribution is 2.27. The number of nitrogens with zero attached hydrogens (tertiary/aromatic N) is 1. The highest BCUT2D eigenvalue weighted by Gasteiger charge is 2.08. The first kappa shape index (κ1) is 20.6. The Morgan fingerprint density at radius 1 is 1.00 bits per heavy atom. The van der Waals surface area contributed by atoms with Crippen molar-refractivity contribution in [1.82, 2.24) is 10.3 Å². The van der Waals surface area contributed by atoms with E-state index in [-0.39, 0.29) is 25.0 Å². The smallest absolute Gasteiger partial charge is 0.258 e. The number of anilines is 1. The third-order valence-corrected chi connectivity index (χ3v) is 4.40. The third kappa shape index (κ3) is 6.20. The van der Waals surface area contributed by atoms with Gasteiger partial charge in [-0.15, -0.1) is 0 Å². The number of benzene rings is 2. The molecule has 0 spiro atoms. The fraction of sp³-hybridized carbons (Fsp3) is 0.0952. The lowest BCUT2D eigenvalue weighted by Crippen LogP contribution is -2.28. The molecule has 0 bridgehead atoms. The van der Waals surface area contributed by atoms with Crippen molar-refractivity contribution in [3.05, 3.63) is 88.2 Å². The molecule has 0 aliphatic heterocycles. The molecule has 2 amide bonds. The van der Waals surface area contributed by atoms with E-state index in [1.165, 1.54) is 0 Å². The van der Waals surface area contributed by atoms with Gasteiger partial charge in [-0.1, -0.05) is 35.3 Å². The molecule has 0 unspecified atom stereocenters. The van der Waals surface area contributed by atoms with Crippen LogP contribution in [0.25, 0.3) is 0 Å². The Balaban J connectivity index is 1.51. The Bertz CT molecular complexity index is 1010. The first-order valence-corrected chi connectivity index (χ1v) is 9.42. The third-order valence-electron chi connectivity index (χ3n) is 3.87. The van der Waals surface area contributed by atoms with Crippen LogP contribution in [0, 0.1) is 0 Å². The van der Waals surface area contributed by atoms with Crippen LogP contribution in [0.5, 0.6) is 5.75 Å². The second-order valence-electron chi connectivity index (χ2n) is 6.03. The van der Waals surface area contributed by atoms with Crippen LogP contribution in [0.2, 0.25) is 10.0 Å². The van der Waals surface area contributed by atoms with Gasteiger partial charge in [-0.25, -0.2) is 0 Å². The SMILES string of the molecule is O=C(COc1ccc(Cl)cc1Cl)NCc1cccc(NC(=O)c2ccncc2)c1. The Hall–Kier alpha value is -3.09. The first-order valence-electron chi connectivity index (χ1n) is 8.66. The summed E-state index contributed by atoms with van der Waals surface area (Å²) < 4.78 is 5.40. The van der Waals surface area contributed by atoms with Gasteiger partial charge in [0.05, 0.1) is 5.02 Å². The van der Waals surface area contributed by atoms with Crippen LogP contribution in [0.3, 0.4) is 0 Å². The van der Waals surface area contributed by atoms with Crippen molar-refractivity contribution >= 4 is 40.7 Å². The predicted molar refractivity (Wildman–Crippen MR) is 112 cm³/mol. The first-order chi connectivity index (χ1) is 14.0. The standard InChI is InChI=1S/C21H17Cl2N3O3/c22-16-4-5-19(18(23)11-16)29-13-20(27)25-12-14-2-1-3-17(10-14)26-21(28)15-6-8-24-9-7-15/h1-11H,12-13H2,(H,25,27)(H,26,28). The fourth-order valence-corrected chi connectivity index (χ4v) is 2.92. The molecule has 8 heteroatoms. The number of carbonyl (C=O) groups excluding carboxylic acids is 2. The number of nitrogens with one attached hydrogen (secondary N) is 2. The number of aromatic nitrogens is 1. The molecule has 2 aromatic carbocycles.